The van der Waals surface area contributed by atoms with Crippen LogP contribution in [0.5, 0.6) is 0 Å². The molecule has 1 aliphatic heterocycles. The second-order valence-corrected chi connectivity index (χ2v) is 21.5. The summed E-state index contributed by atoms with van der Waals surface area (Å²) in [6, 6.07) is -0.806. The molecular weight excluding hydrogens is 875 g/mol. The van der Waals surface area contributed by atoms with E-state index in [1.807, 2.05) is 6.08 Å². The van der Waals surface area contributed by atoms with E-state index in [0.717, 1.165) is 44.9 Å². The Bertz CT molecular complexity index is 1150. The van der Waals surface area contributed by atoms with Gasteiger partial charge in [0.25, 0.3) is 0 Å². The molecule has 9 heteroatoms. The second kappa shape index (κ2) is 51.2. The number of unbranched alkanes of at least 4 members (excludes halogenated alkanes) is 41. The van der Waals surface area contributed by atoms with Crippen molar-refractivity contribution in [2.24, 2.45) is 0 Å². The van der Waals surface area contributed by atoms with Gasteiger partial charge in [-0.3, -0.25) is 4.79 Å². The normalized spacial score (nSPS) is 19.4. The Morgan fingerprint density at radius 1 is 0.471 bits per heavy atom. The zero-order chi connectivity index (χ0) is 50.8. The molecule has 6 N–H and O–H groups in total. The van der Waals surface area contributed by atoms with Gasteiger partial charge in [-0.2, -0.15) is 0 Å². The molecule has 1 heterocycles. The SMILES string of the molecule is CCCCCCCC/C=C\CCCCCCCCCC(=O)NC(COC1OC(CO)C(O)C(O)C1O)C(O)/C=C/CCCCCCCCCCCCCCCCCCCCCCCCCCCCCC. The lowest BCUT2D eigenvalue weighted by atomic mass is 9.99. The molecule has 0 radical (unpaired) electrons. The molecule has 1 aliphatic rings. The minimum Gasteiger partial charge on any atom is -0.394 e. The lowest BCUT2D eigenvalue weighted by Gasteiger charge is -2.40. The molecule has 0 bridgehead atoms. The molecule has 1 amide bonds. The highest BCUT2D eigenvalue weighted by Gasteiger charge is 2.44. The van der Waals surface area contributed by atoms with Gasteiger partial charge in [0, 0.05) is 6.42 Å². The van der Waals surface area contributed by atoms with Crippen LogP contribution in [0.25, 0.3) is 0 Å². The fourth-order valence-corrected chi connectivity index (χ4v) is 9.92. The highest BCUT2D eigenvalue weighted by atomic mass is 16.7. The van der Waals surface area contributed by atoms with E-state index in [-0.39, 0.29) is 12.5 Å². The van der Waals surface area contributed by atoms with Gasteiger partial charge in [0.1, 0.15) is 24.4 Å². The van der Waals surface area contributed by atoms with Crippen LogP contribution in [0.1, 0.15) is 303 Å². The van der Waals surface area contributed by atoms with Crippen LogP contribution in [-0.2, 0) is 14.3 Å². The Kier molecular flexibility index (Phi) is 48.7. The molecule has 0 aliphatic carbocycles. The van der Waals surface area contributed by atoms with Crippen LogP contribution in [0.2, 0.25) is 0 Å². The predicted molar refractivity (Wildman–Crippen MR) is 295 cm³/mol. The lowest BCUT2D eigenvalue weighted by molar-refractivity contribution is -0.302. The number of hydrogen-bond donors (Lipinski definition) is 6. The molecular formula is C61H117NO8. The highest BCUT2D eigenvalue weighted by molar-refractivity contribution is 5.76. The van der Waals surface area contributed by atoms with Crippen LogP contribution in [0.3, 0.4) is 0 Å². The fourth-order valence-electron chi connectivity index (χ4n) is 9.92. The molecule has 0 aromatic rings. The molecule has 7 unspecified atom stereocenters. The summed E-state index contributed by atoms with van der Waals surface area (Å²) < 4.78 is 11.3. The minimum absolute atomic E-state index is 0.177. The summed E-state index contributed by atoms with van der Waals surface area (Å²) in [5, 5.41) is 54.5. The van der Waals surface area contributed by atoms with Crippen LogP contribution in [-0.4, -0.2) is 87.5 Å². The maximum Gasteiger partial charge on any atom is 0.220 e. The molecule has 414 valence electrons. The third-order valence-corrected chi connectivity index (χ3v) is 14.8. The molecule has 7 atom stereocenters. The smallest absolute Gasteiger partial charge is 0.220 e. The average molecular weight is 993 g/mol. The van der Waals surface area contributed by atoms with E-state index >= 15 is 0 Å². The zero-order valence-corrected chi connectivity index (χ0v) is 46.0. The average Bonchev–Trinajstić information content (AvgIpc) is 3.36. The van der Waals surface area contributed by atoms with Crippen LogP contribution < -0.4 is 5.32 Å². The largest absolute Gasteiger partial charge is 0.394 e. The van der Waals surface area contributed by atoms with Crippen molar-refractivity contribution in [1.29, 1.82) is 0 Å². The van der Waals surface area contributed by atoms with Gasteiger partial charge >= 0.3 is 0 Å². The van der Waals surface area contributed by atoms with E-state index in [1.165, 1.54) is 238 Å². The van der Waals surface area contributed by atoms with Gasteiger partial charge in [0.2, 0.25) is 5.91 Å². The summed E-state index contributed by atoms with van der Waals surface area (Å²) in [5.41, 5.74) is 0. The quantitative estimate of drug-likeness (QED) is 0.0261. The molecule has 0 aromatic heterocycles. The number of rotatable bonds is 53. The molecule has 1 rings (SSSR count). The first-order chi connectivity index (χ1) is 34.3. The Balaban J connectivity index is 2.16. The van der Waals surface area contributed by atoms with Gasteiger partial charge in [0.15, 0.2) is 6.29 Å². The summed E-state index contributed by atoms with van der Waals surface area (Å²) in [7, 11) is 0. The minimum atomic E-state index is -1.57. The maximum atomic E-state index is 13.0. The van der Waals surface area contributed by atoms with Crippen molar-refractivity contribution >= 4 is 5.91 Å². The molecule has 1 saturated heterocycles. The van der Waals surface area contributed by atoms with Gasteiger partial charge in [-0.25, -0.2) is 0 Å². The molecule has 0 saturated carbocycles. The number of carbonyl (C=O) groups is 1. The van der Waals surface area contributed by atoms with Crippen molar-refractivity contribution in [1.82, 2.24) is 5.32 Å². The van der Waals surface area contributed by atoms with Gasteiger partial charge in [0.05, 0.1) is 25.4 Å². The summed E-state index contributed by atoms with van der Waals surface area (Å²) in [4.78, 5) is 13.0. The van der Waals surface area contributed by atoms with E-state index < -0.39 is 49.5 Å². The van der Waals surface area contributed by atoms with E-state index in [9.17, 15) is 30.3 Å². The molecule has 1 fully saturated rings. The van der Waals surface area contributed by atoms with Gasteiger partial charge in [-0.1, -0.05) is 276 Å². The maximum absolute atomic E-state index is 13.0. The summed E-state index contributed by atoms with van der Waals surface area (Å²) in [6.45, 7) is 3.81. The number of carbonyl (C=O) groups excluding carboxylic acids is 1. The number of nitrogens with one attached hydrogen (secondary N) is 1. The van der Waals surface area contributed by atoms with E-state index in [4.69, 9.17) is 9.47 Å². The first kappa shape index (κ1) is 66.7. The van der Waals surface area contributed by atoms with Gasteiger partial charge in [-0.15, -0.1) is 0 Å². The predicted octanol–water partition coefficient (Wildman–Crippen LogP) is 15.4. The first-order valence-electron chi connectivity index (χ1n) is 30.6. The highest BCUT2D eigenvalue weighted by Crippen LogP contribution is 2.23. The van der Waals surface area contributed by atoms with Crippen LogP contribution in [0, 0.1) is 0 Å². The summed E-state index contributed by atoms with van der Waals surface area (Å²) >= 11 is 0. The number of ether oxygens (including phenoxy) is 2. The number of aliphatic hydroxyl groups excluding tert-OH is 5. The van der Waals surface area contributed by atoms with Crippen molar-refractivity contribution < 1.29 is 39.8 Å². The van der Waals surface area contributed by atoms with Crippen LogP contribution in [0.15, 0.2) is 24.3 Å². The molecule has 9 nitrogen and oxygen atoms in total. The van der Waals surface area contributed by atoms with Crippen LogP contribution in [0.4, 0.5) is 0 Å². The zero-order valence-electron chi connectivity index (χ0n) is 46.0. The van der Waals surface area contributed by atoms with Crippen LogP contribution >= 0.6 is 0 Å². The second-order valence-electron chi connectivity index (χ2n) is 21.5. The lowest BCUT2D eigenvalue weighted by Crippen LogP contribution is -2.60. The fraction of sp³-hybridized carbons (Fsp3) is 0.918. The van der Waals surface area contributed by atoms with Crippen molar-refractivity contribution in [2.45, 2.75) is 346 Å². The van der Waals surface area contributed by atoms with Gasteiger partial charge in [-0.05, 0) is 44.9 Å². The number of hydrogen-bond acceptors (Lipinski definition) is 8. The van der Waals surface area contributed by atoms with Gasteiger partial charge < -0.3 is 40.3 Å². The molecule has 0 spiro atoms. The monoisotopic (exact) mass is 992 g/mol. The third-order valence-electron chi connectivity index (χ3n) is 14.8. The van der Waals surface area contributed by atoms with Crippen molar-refractivity contribution in [3.63, 3.8) is 0 Å². The number of amides is 1. The molecule has 70 heavy (non-hydrogen) atoms. The van der Waals surface area contributed by atoms with E-state index in [0.29, 0.717) is 6.42 Å². The number of allylic oxidation sites excluding steroid dienone is 3. The molecule has 0 aromatic carbocycles. The summed E-state index contributed by atoms with van der Waals surface area (Å²) in [5.74, 6) is -0.177. The Morgan fingerprint density at radius 2 is 0.800 bits per heavy atom. The van der Waals surface area contributed by atoms with E-state index in [2.05, 4.69) is 31.3 Å². The Hall–Kier alpha value is -1.33. The first-order valence-corrected chi connectivity index (χ1v) is 30.6. The Labute approximate surface area is 432 Å². The van der Waals surface area contributed by atoms with Crippen molar-refractivity contribution in [2.75, 3.05) is 13.2 Å². The topological polar surface area (TPSA) is 149 Å². The number of aliphatic hydroxyl groups is 5. The van der Waals surface area contributed by atoms with Crippen molar-refractivity contribution in [3.8, 4) is 0 Å². The third kappa shape index (κ3) is 40.1. The van der Waals surface area contributed by atoms with Crippen molar-refractivity contribution in [3.05, 3.63) is 24.3 Å². The Morgan fingerprint density at radius 3 is 1.16 bits per heavy atom. The van der Waals surface area contributed by atoms with E-state index in [1.54, 1.807) is 6.08 Å². The summed E-state index contributed by atoms with van der Waals surface area (Å²) in [6.07, 6.45) is 58.3. The standard InChI is InChI=1S/C61H117NO8/c1-3-5-7-9-11-13-15-17-19-21-22-23-24-25-26-27-28-29-30-31-32-33-35-36-38-40-42-44-46-48-50-55(64)54(53-69-61-60(68)59(67)58(66)56(52-63)70-61)62-57(65)51-49-47-45-43-41-39-37-34-20-18-16-14-12-10-8-6-4-2/h18,20,48,50,54-56,58-61,63-64,66-68H,3-17,19,21-47,49,51-53H2,1-2H3,(H,62,65)/b20-18-,50-48+.